The predicted molar refractivity (Wildman–Crippen MR) is 79.4 cm³/mol. The van der Waals surface area contributed by atoms with E-state index in [1.54, 1.807) is 0 Å². The van der Waals surface area contributed by atoms with Crippen molar-refractivity contribution >= 4 is 43.4 Å². The maximum atomic E-state index is 12.1. The van der Waals surface area contributed by atoms with E-state index in [0.717, 1.165) is 0 Å². The smallest absolute Gasteiger partial charge is 0.326 e. The van der Waals surface area contributed by atoms with E-state index < -0.39 is 70.0 Å². The third kappa shape index (κ3) is 5.22. The molecule has 138 valence electrons. The van der Waals surface area contributed by atoms with Crippen LogP contribution in [-0.4, -0.2) is 56.1 Å². The highest BCUT2D eigenvalue weighted by molar-refractivity contribution is 7.93. The minimum absolute atomic E-state index is 0.129. The molecular weight excluding hydrogens is 413 g/mol. The highest BCUT2D eigenvalue weighted by Crippen LogP contribution is 2.36. The summed E-state index contributed by atoms with van der Waals surface area (Å²) in [5.41, 5.74) is 4.42. The molecule has 0 unspecified atom stereocenters. The first-order valence-electron chi connectivity index (χ1n) is 5.61. The van der Waals surface area contributed by atoms with Crippen LogP contribution >= 0.6 is 7.60 Å². The Morgan fingerprint density at radius 3 is 1.71 bits per heavy atom. The number of nitrogens with two attached hydrogens (primary N) is 1. The Balaban J connectivity index is 3.71. The molecule has 1 aromatic rings. The summed E-state index contributed by atoms with van der Waals surface area (Å²) < 4.78 is 97.7. The minimum Gasteiger partial charge on any atom is -0.398 e. The fourth-order valence-corrected chi connectivity index (χ4v) is 6.35. The summed E-state index contributed by atoms with van der Waals surface area (Å²) in [7, 11) is -19.7. The molecule has 0 saturated heterocycles. The molecule has 0 fully saturated rings. The Hall–Kier alpha value is -1.06. The quantitative estimate of drug-likeness (QED) is 0.204. The molecule has 0 radical (unpaired) electrons. The Morgan fingerprint density at radius 2 is 1.33 bits per heavy atom. The number of benzene rings is 1. The summed E-state index contributed by atoms with van der Waals surface area (Å²) >= 11 is 0. The van der Waals surface area contributed by atoms with Gasteiger partial charge >= 0.3 is 7.60 Å². The van der Waals surface area contributed by atoms with Gasteiger partial charge in [-0.15, -0.1) is 0 Å². The maximum Gasteiger partial charge on any atom is 0.326 e. The lowest BCUT2D eigenvalue weighted by atomic mass is 10.3. The van der Waals surface area contributed by atoms with Gasteiger partial charge in [0, 0.05) is 0 Å². The Labute approximate surface area is 136 Å². The molecule has 12 nitrogen and oxygen atoms in total. The molecule has 0 aliphatic carbocycles. The van der Waals surface area contributed by atoms with Crippen LogP contribution in [-0.2, 0) is 34.6 Å². The van der Waals surface area contributed by atoms with Crippen LogP contribution in [0, 0.1) is 0 Å². The number of anilines is 1. The van der Waals surface area contributed by atoms with Gasteiger partial charge in [-0.2, -0.15) is 16.8 Å². The zero-order chi connectivity index (χ0) is 19.1. The molecule has 1 rings (SSSR count). The Morgan fingerprint density at radius 1 is 0.875 bits per heavy atom. The number of hydrogen-bond donors (Lipinski definition) is 5. The van der Waals surface area contributed by atoms with E-state index in [-0.39, 0.29) is 6.07 Å². The summed E-state index contributed by atoms with van der Waals surface area (Å²) in [6.45, 7) is 0. The second-order valence-electron chi connectivity index (χ2n) is 4.49. The van der Waals surface area contributed by atoms with Crippen molar-refractivity contribution < 1.29 is 48.7 Å². The first-order chi connectivity index (χ1) is 10.5. The molecule has 0 amide bonds. The van der Waals surface area contributed by atoms with Crippen molar-refractivity contribution in [3.05, 3.63) is 12.1 Å². The lowest BCUT2D eigenvalue weighted by molar-refractivity contribution is 0.374. The normalized spacial score (nSPS) is 13.8. The van der Waals surface area contributed by atoms with E-state index in [0.29, 0.717) is 6.07 Å². The van der Waals surface area contributed by atoms with E-state index >= 15 is 0 Å². The molecule has 0 aliphatic heterocycles. The molecule has 0 aliphatic rings. The second kappa shape index (κ2) is 6.34. The second-order valence-corrected chi connectivity index (χ2v) is 11.1. The van der Waals surface area contributed by atoms with Crippen molar-refractivity contribution in [3.63, 3.8) is 0 Å². The van der Waals surface area contributed by atoms with Gasteiger partial charge in [0.15, 0.2) is 9.84 Å². The fraction of sp³-hybridized carbons (Fsp3) is 0.250. The monoisotopic (exact) mass is 425 g/mol. The van der Waals surface area contributed by atoms with Gasteiger partial charge in [-0.1, -0.05) is 0 Å². The molecule has 24 heavy (non-hydrogen) atoms. The molecule has 1 aromatic carbocycles. The number of sulfone groups is 1. The molecule has 0 atom stereocenters. The largest absolute Gasteiger partial charge is 0.398 e. The van der Waals surface area contributed by atoms with Crippen LogP contribution in [0.15, 0.2) is 26.8 Å². The van der Waals surface area contributed by atoms with Crippen molar-refractivity contribution in [1.29, 1.82) is 0 Å². The van der Waals surface area contributed by atoms with Gasteiger partial charge in [0.25, 0.3) is 20.2 Å². The van der Waals surface area contributed by atoms with Gasteiger partial charge in [-0.05, 0) is 12.1 Å². The van der Waals surface area contributed by atoms with Gasteiger partial charge in [-0.25, -0.2) is 8.42 Å². The molecule has 6 N–H and O–H groups in total. The average Bonchev–Trinajstić information content (AvgIpc) is 2.32. The van der Waals surface area contributed by atoms with Crippen molar-refractivity contribution in [3.8, 4) is 0 Å². The summed E-state index contributed by atoms with van der Waals surface area (Å²) in [4.78, 5) is 13.7. The van der Waals surface area contributed by atoms with Gasteiger partial charge in [0.1, 0.15) is 9.79 Å². The predicted octanol–water partition coefficient (Wildman–Crippen LogP) is -1.29. The van der Waals surface area contributed by atoms with Crippen molar-refractivity contribution in [1.82, 2.24) is 0 Å². The van der Waals surface area contributed by atoms with Crippen LogP contribution in [0.25, 0.3) is 0 Å². The van der Waals surface area contributed by atoms with Crippen LogP contribution in [0.5, 0.6) is 0 Å². The molecule has 0 bridgehead atoms. The van der Waals surface area contributed by atoms with Crippen molar-refractivity contribution in [2.24, 2.45) is 0 Å². The van der Waals surface area contributed by atoms with Gasteiger partial charge in [0.05, 0.1) is 22.5 Å². The molecule has 0 spiro atoms. The highest BCUT2D eigenvalue weighted by Gasteiger charge is 2.31. The van der Waals surface area contributed by atoms with Crippen molar-refractivity contribution in [2.75, 3.05) is 17.6 Å². The lowest BCUT2D eigenvalue weighted by Crippen LogP contribution is -2.17. The number of nitrogen functional groups attached to an aromatic ring is 1. The molecule has 0 saturated carbocycles. The third-order valence-corrected chi connectivity index (χ3v) is 7.41. The number of rotatable bonds is 6. The van der Waals surface area contributed by atoms with E-state index in [9.17, 15) is 29.8 Å². The highest BCUT2D eigenvalue weighted by atomic mass is 32.2. The molecular formula is C8H12NO11PS3. The maximum absolute atomic E-state index is 12.1. The van der Waals surface area contributed by atoms with E-state index in [2.05, 4.69) is 0 Å². The average molecular weight is 425 g/mol. The van der Waals surface area contributed by atoms with Crippen LogP contribution in [0.3, 0.4) is 0 Å². The van der Waals surface area contributed by atoms with Gasteiger partial charge in [0.2, 0.25) is 0 Å². The summed E-state index contributed by atoms with van der Waals surface area (Å²) in [5, 5.41) is 0. The molecule has 0 aromatic heterocycles. The molecule has 0 heterocycles. The summed E-state index contributed by atoms with van der Waals surface area (Å²) in [5.74, 6) is -1.20. The van der Waals surface area contributed by atoms with Crippen LogP contribution in [0.2, 0.25) is 0 Å². The lowest BCUT2D eigenvalue weighted by Gasteiger charge is -2.12. The first-order valence-corrected chi connectivity index (χ1v) is 11.9. The topological polar surface area (TPSA) is 226 Å². The van der Waals surface area contributed by atoms with Crippen LogP contribution in [0.1, 0.15) is 0 Å². The summed E-state index contributed by atoms with van der Waals surface area (Å²) in [6, 6.07) is 0.478. The Bertz CT molecular complexity index is 1020. The standard InChI is InChI=1S/C8H12NO11PS3/c9-5-3-7(22(13,14)2-1-21(10,11)12)8(24(18,19)20)4-6(5)23(15,16)17/h3-4H,1-2,9H2,(H2,10,11,12)(H,15,16,17)(H,18,19,20). The van der Waals surface area contributed by atoms with Crippen LogP contribution < -0.4 is 5.73 Å². The van der Waals surface area contributed by atoms with E-state index in [1.165, 1.54) is 0 Å². The Kier molecular flexibility index (Phi) is 5.55. The zero-order valence-corrected chi connectivity index (χ0v) is 14.8. The van der Waals surface area contributed by atoms with Crippen LogP contribution in [0.4, 0.5) is 5.69 Å². The summed E-state index contributed by atoms with van der Waals surface area (Å²) in [6.07, 6.45) is -1.15. The fourth-order valence-electron chi connectivity index (χ4n) is 1.57. The van der Waals surface area contributed by atoms with Crippen molar-refractivity contribution in [2.45, 2.75) is 14.7 Å². The minimum atomic E-state index is -5.27. The third-order valence-electron chi connectivity index (χ3n) is 2.62. The SMILES string of the molecule is Nc1cc(S(=O)(=O)CCP(=O)(O)O)c(S(=O)(=O)O)cc1S(=O)(=O)O. The van der Waals surface area contributed by atoms with Gasteiger partial charge in [-0.3, -0.25) is 13.7 Å². The van der Waals surface area contributed by atoms with E-state index in [1.807, 2.05) is 0 Å². The van der Waals surface area contributed by atoms with E-state index in [4.69, 9.17) is 24.6 Å². The zero-order valence-electron chi connectivity index (χ0n) is 11.5. The number of hydrogen-bond acceptors (Lipinski definition) is 8. The first kappa shape index (κ1) is 21.0. The van der Waals surface area contributed by atoms with Gasteiger partial charge < -0.3 is 15.5 Å². The molecule has 16 heteroatoms.